The number of carbonyl (C=O) groups is 1. The molecule has 0 aliphatic heterocycles. The second-order valence-electron chi connectivity index (χ2n) is 3.86. The topological polar surface area (TPSA) is 52.9 Å². The van der Waals surface area contributed by atoms with Crippen LogP contribution >= 0.6 is 0 Å². The normalized spacial score (nSPS) is 20.1. The Morgan fingerprint density at radius 3 is 2.69 bits per heavy atom. The molecular formula is C10H16N2O. The average Bonchev–Trinajstić information content (AvgIpc) is 2.84. The van der Waals surface area contributed by atoms with E-state index in [0.29, 0.717) is 0 Å². The molecule has 0 saturated heterocycles. The highest BCUT2D eigenvalue weighted by Gasteiger charge is 2.50. The molecule has 1 fully saturated rings. The van der Waals surface area contributed by atoms with Crippen molar-refractivity contribution in [1.82, 2.24) is 5.32 Å². The Bertz CT molecular complexity index is 238. The lowest BCUT2D eigenvalue weighted by atomic mass is 10.1. The first-order valence-corrected chi connectivity index (χ1v) is 4.87. The number of hydrogen-bond donors (Lipinski definition) is 1. The fourth-order valence-electron chi connectivity index (χ4n) is 1.38. The van der Waals surface area contributed by atoms with E-state index in [1.165, 1.54) is 0 Å². The monoisotopic (exact) mass is 180 g/mol. The van der Waals surface area contributed by atoms with Crippen LogP contribution in [-0.4, -0.2) is 11.9 Å². The van der Waals surface area contributed by atoms with Crippen molar-refractivity contribution < 1.29 is 4.79 Å². The smallest absolute Gasteiger partial charge is 0.240 e. The minimum Gasteiger partial charge on any atom is -0.352 e. The summed E-state index contributed by atoms with van der Waals surface area (Å²) >= 11 is 0. The van der Waals surface area contributed by atoms with Crippen molar-refractivity contribution in [3.05, 3.63) is 0 Å². The molecule has 1 amide bonds. The van der Waals surface area contributed by atoms with Crippen LogP contribution in [0.1, 0.15) is 39.5 Å². The zero-order chi connectivity index (χ0) is 9.90. The van der Waals surface area contributed by atoms with Crippen molar-refractivity contribution in [1.29, 1.82) is 5.26 Å². The molecule has 13 heavy (non-hydrogen) atoms. The van der Waals surface area contributed by atoms with Gasteiger partial charge in [0.2, 0.25) is 5.91 Å². The summed E-state index contributed by atoms with van der Waals surface area (Å²) < 4.78 is 0. The third kappa shape index (κ3) is 2.21. The van der Waals surface area contributed by atoms with Gasteiger partial charge in [-0.15, -0.1) is 0 Å². The van der Waals surface area contributed by atoms with E-state index < -0.39 is 5.41 Å². The van der Waals surface area contributed by atoms with Gasteiger partial charge in [-0.25, -0.2) is 0 Å². The van der Waals surface area contributed by atoms with Crippen molar-refractivity contribution >= 4 is 5.91 Å². The maximum atomic E-state index is 11.5. The number of nitrogens with one attached hydrogen (secondary N) is 1. The highest BCUT2D eigenvalue weighted by Crippen LogP contribution is 2.45. The van der Waals surface area contributed by atoms with Crippen LogP contribution < -0.4 is 5.32 Å². The van der Waals surface area contributed by atoms with Crippen LogP contribution in [-0.2, 0) is 4.79 Å². The summed E-state index contributed by atoms with van der Waals surface area (Å²) in [6.45, 7) is 4.06. The van der Waals surface area contributed by atoms with E-state index in [2.05, 4.69) is 18.3 Å². The predicted octanol–water partition coefficient (Wildman–Crippen LogP) is 1.59. The van der Waals surface area contributed by atoms with Crippen molar-refractivity contribution in [3.63, 3.8) is 0 Å². The molecule has 1 atom stereocenters. The zero-order valence-electron chi connectivity index (χ0n) is 8.26. The molecule has 1 unspecified atom stereocenters. The second-order valence-corrected chi connectivity index (χ2v) is 3.86. The highest BCUT2D eigenvalue weighted by atomic mass is 16.2. The maximum absolute atomic E-state index is 11.5. The Balaban J connectivity index is 2.38. The number of carbonyl (C=O) groups excluding carboxylic acids is 1. The van der Waals surface area contributed by atoms with Gasteiger partial charge >= 0.3 is 0 Å². The van der Waals surface area contributed by atoms with Crippen molar-refractivity contribution in [2.45, 2.75) is 45.6 Å². The van der Waals surface area contributed by atoms with Crippen LogP contribution in [0.15, 0.2) is 0 Å². The number of rotatable bonds is 4. The van der Waals surface area contributed by atoms with Crippen molar-refractivity contribution in [2.75, 3.05) is 0 Å². The van der Waals surface area contributed by atoms with Crippen LogP contribution in [0.5, 0.6) is 0 Å². The maximum Gasteiger partial charge on any atom is 0.240 e. The first kappa shape index (κ1) is 10.0. The van der Waals surface area contributed by atoms with Gasteiger partial charge in [0.1, 0.15) is 5.41 Å². The van der Waals surface area contributed by atoms with Gasteiger partial charge in [-0.2, -0.15) is 5.26 Å². The molecule has 0 aromatic carbocycles. The molecule has 0 heterocycles. The Kier molecular flexibility index (Phi) is 2.92. The summed E-state index contributed by atoms with van der Waals surface area (Å²) in [6.07, 6.45) is 3.50. The van der Waals surface area contributed by atoms with Gasteiger partial charge in [0.25, 0.3) is 0 Å². The summed E-state index contributed by atoms with van der Waals surface area (Å²) in [5, 5.41) is 11.6. The standard InChI is InChI=1S/C10H16N2O/c1-3-4-8(2)12-9(13)10(7-11)5-6-10/h8H,3-6H2,1-2H3,(H,12,13). The minimum atomic E-state index is -0.665. The van der Waals surface area contributed by atoms with Crippen LogP contribution in [0, 0.1) is 16.7 Å². The average molecular weight is 180 g/mol. The van der Waals surface area contributed by atoms with E-state index in [0.717, 1.165) is 25.7 Å². The van der Waals surface area contributed by atoms with Gasteiger partial charge in [-0.1, -0.05) is 13.3 Å². The summed E-state index contributed by atoms with van der Waals surface area (Å²) in [5.41, 5.74) is -0.665. The van der Waals surface area contributed by atoms with Crippen LogP contribution in [0.2, 0.25) is 0 Å². The van der Waals surface area contributed by atoms with Crippen molar-refractivity contribution in [3.8, 4) is 6.07 Å². The predicted molar refractivity (Wildman–Crippen MR) is 49.8 cm³/mol. The van der Waals surface area contributed by atoms with Crippen molar-refractivity contribution in [2.24, 2.45) is 5.41 Å². The molecule has 0 radical (unpaired) electrons. The van der Waals surface area contributed by atoms with Gasteiger partial charge in [0, 0.05) is 6.04 Å². The molecule has 0 spiro atoms. The molecule has 0 aromatic rings. The van der Waals surface area contributed by atoms with E-state index in [-0.39, 0.29) is 11.9 Å². The molecule has 3 heteroatoms. The molecule has 1 rings (SSSR count). The summed E-state index contributed by atoms with van der Waals surface area (Å²) in [6, 6.07) is 2.29. The molecule has 72 valence electrons. The first-order valence-electron chi connectivity index (χ1n) is 4.87. The largest absolute Gasteiger partial charge is 0.352 e. The SMILES string of the molecule is CCCC(C)NC(=O)C1(C#N)CC1. The Hall–Kier alpha value is -1.04. The summed E-state index contributed by atoms with van der Waals surface area (Å²) in [7, 11) is 0. The van der Waals surface area contributed by atoms with Gasteiger partial charge < -0.3 is 5.32 Å². The molecule has 1 aliphatic carbocycles. The molecular weight excluding hydrogens is 164 g/mol. The lowest BCUT2D eigenvalue weighted by Gasteiger charge is -2.14. The molecule has 0 bridgehead atoms. The summed E-state index contributed by atoms with van der Waals surface area (Å²) in [5.74, 6) is -0.0732. The Morgan fingerprint density at radius 2 is 2.31 bits per heavy atom. The summed E-state index contributed by atoms with van der Waals surface area (Å²) in [4.78, 5) is 11.5. The van der Waals surface area contributed by atoms with Gasteiger partial charge in [0.15, 0.2) is 0 Å². The number of nitrogens with zero attached hydrogens (tertiary/aromatic N) is 1. The number of amides is 1. The molecule has 3 nitrogen and oxygen atoms in total. The lowest BCUT2D eigenvalue weighted by Crippen LogP contribution is -2.37. The van der Waals surface area contributed by atoms with Gasteiger partial charge in [-0.3, -0.25) is 4.79 Å². The fraction of sp³-hybridized carbons (Fsp3) is 0.800. The van der Waals surface area contributed by atoms with Crippen LogP contribution in [0.4, 0.5) is 0 Å². The lowest BCUT2D eigenvalue weighted by molar-refractivity contribution is -0.125. The number of nitriles is 1. The Labute approximate surface area is 79.1 Å². The van der Waals surface area contributed by atoms with Crippen LogP contribution in [0.25, 0.3) is 0 Å². The Morgan fingerprint density at radius 1 is 1.69 bits per heavy atom. The number of hydrogen-bond acceptors (Lipinski definition) is 2. The molecule has 1 N–H and O–H groups in total. The van der Waals surface area contributed by atoms with Gasteiger partial charge in [0.05, 0.1) is 6.07 Å². The third-order valence-corrected chi connectivity index (χ3v) is 2.50. The first-order chi connectivity index (χ1) is 6.14. The van der Waals surface area contributed by atoms with E-state index in [9.17, 15) is 4.79 Å². The highest BCUT2D eigenvalue weighted by molar-refractivity contribution is 5.88. The fourth-order valence-corrected chi connectivity index (χ4v) is 1.38. The van der Waals surface area contributed by atoms with E-state index in [1.807, 2.05) is 6.92 Å². The van der Waals surface area contributed by atoms with E-state index >= 15 is 0 Å². The minimum absolute atomic E-state index is 0.0732. The molecule has 1 saturated carbocycles. The molecule has 1 aliphatic rings. The zero-order valence-corrected chi connectivity index (χ0v) is 8.26. The third-order valence-electron chi connectivity index (χ3n) is 2.50. The van der Waals surface area contributed by atoms with Gasteiger partial charge in [-0.05, 0) is 26.2 Å². The van der Waals surface area contributed by atoms with Crippen LogP contribution in [0.3, 0.4) is 0 Å². The second kappa shape index (κ2) is 3.78. The molecule has 0 aromatic heterocycles. The van der Waals surface area contributed by atoms with E-state index in [4.69, 9.17) is 5.26 Å². The quantitative estimate of drug-likeness (QED) is 0.714. The van der Waals surface area contributed by atoms with E-state index in [1.54, 1.807) is 0 Å².